The largest absolute Gasteiger partial charge is 0.208 e. The minimum atomic E-state index is 0.566. The topological polar surface area (TPSA) is 101 Å². The summed E-state index contributed by atoms with van der Waals surface area (Å²) in [5, 5.41) is 9.90. The summed E-state index contributed by atoms with van der Waals surface area (Å²) in [6.45, 7) is 0. The van der Waals surface area contributed by atoms with Gasteiger partial charge in [0.05, 0.1) is 11.6 Å². The van der Waals surface area contributed by atoms with Gasteiger partial charge in [0.2, 0.25) is 0 Å². The van der Waals surface area contributed by atoms with Gasteiger partial charge < -0.3 is 0 Å². The van der Waals surface area contributed by atoms with Crippen molar-refractivity contribution in [3.8, 4) is 108 Å². The molecule has 8 aromatic carbocycles. The summed E-state index contributed by atoms with van der Waals surface area (Å²) in [6, 6.07) is 73.1. The maximum absolute atomic E-state index is 9.90. The van der Waals surface area contributed by atoms with Crippen LogP contribution in [0.3, 0.4) is 0 Å². The van der Waals surface area contributed by atoms with E-state index in [0.29, 0.717) is 40.5 Å². The lowest BCUT2D eigenvalue weighted by atomic mass is 9.86. The summed E-state index contributed by atoms with van der Waals surface area (Å²) in [7, 11) is 0. The molecule has 0 radical (unpaired) electrons. The van der Waals surface area contributed by atoms with E-state index in [1.165, 1.54) is 0 Å². The van der Waals surface area contributed by atoms with Crippen molar-refractivity contribution in [1.82, 2.24) is 29.9 Å². The molecule has 0 aliphatic carbocycles. The lowest BCUT2D eigenvalue weighted by Gasteiger charge is -2.17. The van der Waals surface area contributed by atoms with Gasteiger partial charge in [-0.05, 0) is 51.6 Å². The molecule has 10 aromatic rings. The van der Waals surface area contributed by atoms with Gasteiger partial charge in [-0.15, -0.1) is 0 Å². The number of benzene rings is 8. The van der Waals surface area contributed by atoms with E-state index in [9.17, 15) is 5.26 Å². The van der Waals surface area contributed by atoms with Crippen LogP contribution in [0.4, 0.5) is 0 Å². The first-order valence-electron chi connectivity index (χ1n) is 20.3. The fourth-order valence-corrected chi connectivity index (χ4v) is 7.59. The van der Waals surface area contributed by atoms with Gasteiger partial charge >= 0.3 is 0 Å². The Labute approximate surface area is 359 Å². The van der Waals surface area contributed by atoms with Crippen LogP contribution in [-0.4, -0.2) is 29.9 Å². The first-order chi connectivity index (χ1) is 30.7. The van der Waals surface area contributed by atoms with E-state index in [-0.39, 0.29) is 0 Å². The molecule has 0 fully saturated rings. The molecule has 0 amide bonds. The summed E-state index contributed by atoms with van der Waals surface area (Å²) < 4.78 is 0. The minimum Gasteiger partial charge on any atom is -0.208 e. The molecule has 7 heteroatoms. The summed E-state index contributed by atoms with van der Waals surface area (Å²) in [5.74, 6) is 3.56. The van der Waals surface area contributed by atoms with Crippen LogP contribution in [0.2, 0.25) is 0 Å². The van der Waals surface area contributed by atoms with Crippen molar-refractivity contribution in [1.29, 1.82) is 5.26 Å². The van der Waals surface area contributed by atoms with Crippen LogP contribution in [0.15, 0.2) is 212 Å². The van der Waals surface area contributed by atoms with Crippen molar-refractivity contribution < 1.29 is 0 Å². The molecule has 0 spiro atoms. The lowest BCUT2D eigenvalue weighted by molar-refractivity contribution is 1.07. The van der Waals surface area contributed by atoms with Gasteiger partial charge in [-0.1, -0.05) is 194 Å². The van der Waals surface area contributed by atoms with Gasteiger partial charge in [0.15, 0.2) is 34.9 Å². The maximum Gasteiger partial charge on any atom is 0.164 e. The van der Waals surface area contributed by atoms with Gasteiger partial charge in [0.1, 0.15) is 0 Å². The number of rotatable bonds is 9. The average Bonchev–Trinajstić information content (AvgIpc) is 3.37. The molecule has 0 bridgehead atoms. The Morgan fingerprint density at radius 3 is 1.03 bits per heavy atom. The molecule has 0 aliphatic heterocycles. The summed E-state index contributed by atoms with van der Waals surface area (Å²) in [6.07, 6.45) is 0. The third kappa shape index (κ3) is 7.75. The van der Waals surface area contributed by atoms with Crippen LogP contribution < -0.4 is 0 Å². The van der Waals surface area contributed by atoms with E-state index >= 15 is 0 Å². The predicted octanol–water partition coefficient (Wildman–Crippen LogP) is 12.9. The monoisotopic (exact) mass is 793 g/mol. The number of hydrogen-bond acceptors (Lipinski definition) is 7. The normalized spacial score (nSPS) is 10.9. The second-order valence-corrected chi connectivity index (χ2v) is 14.7. The molecular formula is C55H35N7. The highest BCUT2D eigenvalue weighted by atomic mass is 15.0. The Morgan fingerprint density at radius 1 is 0.258 bits per heavy atom. The number of nitriles is 1. The quantitative estimate of drug-likeness (QED) is 0.143. The molecule has 7 nitrogen and oxygen atoms in total. The summed E-state index contributed by atoms with van der Waals surface area (Å²) in [4.78, 5) is 29.8. The highest BCUT2D eigenvalue weighted by Crippen LogP contribution is 2.42. The van der Waals surface area contributed by atoms with Crippen molar-refractivity contribution in [2.45, 2.75) is 0 Å². The lowest BCUT2D eigenvalue weighted by Crippen LogP contribution is -2.00. The first-order valence-corrected chi connectivity index (χ1v) is 20.3. The van der Waals surface area contributed by atoms with Crippen LogP contribution in [0.25, 0.3) is 102 Å². The molecule has 10 rings (SSSR count). The van der Waals surface area contributed by atoms with E-state index in [1.54, 1.807) is 0 Å². The van der Waals surface area contributed by atoms with Crippen LogP contribution in [-0.2, 0) is 0 Å². The van der Waals surface area contributed by atoms with E-state index in [4.69, 9.17) is 29.9 Å². The van der Waals surface area contributed by atoms with E-state index in [0.717, 1.165) is 66.8 Å². The predicted molar refractivity (Wildman–Crippen MR) is 247 cm³/mol. The van der Waals surface area contributed by atoms with Crippen LogP contribution in [0.5, 0.6) is 0 Å². The summed E-state index contributed by atoms with van der Waals surface area (Å²) in [5.41, 5.74) is 11.9. The van der Waals surface area contributed by atoms with Crippen molar-refractivity contribution in [2.24, 2.45) is 0 Å². The van der Waals surface area contributed by atoms with Crippen molar-refractivity contribution in [3.63, 3.8) is 0 Å². The number of hydrogen-bond donors (Lipinski definition) is 0. The molecule has 0 N–H and O–H groups in total. The fourth-order valence-electron chi connectivity index (χ4n) is 7.59. The number of aromatic nitrogens is 6. The minimum absolute atomic E-state index is 0.566. The maximum atomic E-state index is 9.90. The molecule has 0 atom stereocenters. The zero-order valence-corrected chi connectivity index (χ0v) is 33.3. The molecule has 2 aromatic heterocycles. The van der Waals surface area contributed by atoms with E-state index in [2.05, 4.69) is 66.7 Å². The van der Waals surface area contributed by atoms with Crippen molar-refractivity contribution in [2.75, 3.05) is 0 Å². The van der Waals surface area contributed by atoms with E-state index in [1.807, 2.05) is 152 Å². The Bertz CT molecular complexity index is 3110. The molecule has 290 valence electrons. The Kier molecular flexibility index (Phi) is 10.2. The smallest absolute Gasteiger partial charge is 0.164 e. The average molecular weight is 794 g/mol. The van der Waals surface area contributed by atoms with Crippen LogP contribution in [0, 0.1) is 11.3 Å². The van der Waals surface area contributed by atoms with E-state index < -0.39 is 0 Å². The molecule has 0 saturated carbocycles. The molecule has 0 unspecified atom stereocenters. The highest BCUT2D eigenvalue weighted by molar-refractivity contribution is 5.95. The fraction of sp³-hybridized carbons (Fsp3) is 0. The Balaban J connectivity index is 1.11. The Morgan fingerprint density at radius 2 is 0.581 bits per heavy atom. The van der Waals surface area contributed by atoms with Gasteiger partial charge in [-0.25, -0.2) is 29.9 Å². The zero-order chi connectivity index (χ0) is 41.7. The van der Waals surface area contributed by atoms with Crippen molar-refractivity contribution in [3.05, 3.63) is 218 Å². The molecular weight excluding hydrogens is 759 g/mol. The SMILES string of the molecule is N#Cc1cccc(-c2cccc(-c3ccc(-c4nc(-c5ccccc5)nc(-c5ccccc5)n4)cc3)c2-c2cccc(-c3nc(-c4ccccc4)nc(-c4ccccc4)n3)c2)c1. The molecule has 62 heavy (non-hydrogen) atoms. The standard InChI is InChI=1S/C55H35N7/c56-36-37-16-13-25-44(34-37)48-29-15-28-47(38-30-32-43(33-31-38)54-59-50(39-17-5-1-6-18-39)57-51(60-54)40-19-7-2-8-20-40)49(48)45-26-14-27-46(35-45)55-61-52(41-21-9-3-10-22-41)58-53(62-55)42-23-11-4-12-24-42/h1-35H. The van der Waals surface area contributed by atoms with Crippen molar-refractivity contribution >= 4 is 0 Å². The molecule has 2 heterocycles. The number of nitrogens with zero attached hydrogens (tertiary/aromatic N) is 7. The third-order valence-electron chi connectivity index (χ3n) is 10.6. The first kappa shape index (κ1) is 37.5. The zero-order valence-electron chi connectivity index (χ0n) is 33.3. The van der Waals surface area contributed by atoms with Gasteiger partial charge in [0, 0.05) is 33.4 Å². The van der Waals surface area contributed by atoms with Gasteiger partial charge in [-0.2, -0.15) is 5.26 Å². The van der Waals surface area contributed by atoms with Gasteiger partial charge in [0.25, 0.3) is 0 Å². The second-order valence-electron chi connectivity index (χ2n) is 14.7. The Hall–Kier alpha value is -8.73. The summed E-state index contributed by atoms with van der Waals surface area (Å²) >= 11 is 0. The van der Waals surface area contributed by atoms with Crippen LogP contribution >= 0.6 is 0 Å². The highest BCUT2D eigenvalue weighted by Gasteiger charge is 2.19. The third-order valence-corrected chi connectivity index (χ3v) is 10.6. The van der Waals surface area contributed by atoms with Crippen LogP contribution in [0.1, 0.15) is 5.56 Å². The second kappa shape index (κ2) is 16.9. The van der Waals surface area contributed by atoms with Gasteiger partial charge in [-0.3, -0.25) is 0 Å². The molecule has 0 aliphatic rings. The molecule has 0 saturated heterocycles.